The molecule has 1 aliphatic heterocycles. The second kappa shape index (κ2) is 7.45. The number of fused-ring (bicyclic) bond motifs is 1. The van der Waals surface area contributed by atoms with Crippen molar-refractivity contribution >= 4 is 28.4 Å². The van der Waals surface area contributed by atoms with E-state index < -0.39 is 0 Å². The van der Waals surface area contributed by atoms with Gasteiger partial charge in [-0.05, 0) is 41.0 Å². The zero-order chi connectivity index (χ0) is 18.8. The van der Waals surface area contributed by atoms with Gasteiger partial charge in [-0.2, -0.15) is 0 Å². The molecule has 27 heavy (non-hydrogen) atoms. The van der Waals surface area contributed by atoms with Crippen LogP contribution in [-0.2, 0) is 17.8 Å². The number of thioether (sulfide) groups is 1. The maximum Gasteiger partial charge on any atom is 0.238 e. The molecule has 0 aromatic heterocycles. The summed E-state index contributed by atoms with van der Waals surface area (Å²) in [5.41, 5.74) is 1.63. The Balaban J connectivity index is 1.48. The Morgan fingerprint density at radius 3 is 2.63 bits per heavy atom. The molecular formula is C22H18FNO2S. The number of ether oxygens (including phenoxy) is 1. The summed E-state index contributed by atoms with van der Waals surface area (Å²) in [5.74, 6) is 0.446. The summed E-state index contributed by atoms with van der Waals surface area (Å²) in [6.45, 7) is 3.98. The molecule has 1 fully saturated rings. The molecule has 3 nitrogen and oxygen atoms in total. The van der Waals surface area contributed by atoms with Crippen LogP contribution in [0.1, 0.15) is 11.1 Å². The Hall–Kier alpha value is -2.79. The van der Waals surface area contributed by atoms with Crippen LogP contribution in [0, 0.1) is 5.82 Å². The van der Waals surface area contributed by atoms with Crippen molar-refractivity contribution in [1.29, 1.82) is 0 Å². The largest absolute Gasteiger partial charge is 0.489 e. The molecule has 136 valence electrons. The molecule has 1 heterocycles. The highest BCUT2D eigenvalue weighted by Gasteiger charge is 2.27. The van der Waals surface area contributed by atoms with Gasteiger partial charge in [0, 0.05) is 5.56 Å². The quantitative estimate of drug-likeness (QED) is 0.692. The Labute approximate surface area is 161 Å². The Kier molecular flexibility index (Phi) is 4.86. The van der Waals surface area contributed by atoms with Crippen molar-refractivity contribution in [3.8, 4) is 5.75 Å². The minimum Gasteiger partial charge on any atom is -0.489 e. The van der Waals surface area contributed by atoms with Gasteiger partial charge in [0.2, 0.25) is 5.91 Å². The van der Waals surface area contributed by atoms with Gasteiger partial charge in [-0.3, -0.25) is 4.79 Å². The average molecular weight is 379 g/mol. The van der Waals surface area contributed by atoms with E-state index in [1.165, 1.54) is 17.8 Å². The van der Waals surface area contributed by atoms with Crippen LogP contribution in [0.25, 0.3) is 10.8 Å². The zero-order valence-electron chi connectivity index (χ0n) is 14.6. The van der Waals surface area contributed by atoms with Gasteiger partial charge in [-0.1, -0.05) is 60.8 Å². The lowest BCUT2D eigenvalue weighted by Gasteiger charge is -2.10. The first-order chi connectivity index (χ1) is 13.1. The molecule has 4 rings (SSSR count). The highest BCUT2D eigenvalue weighted by molar-refractivity contribution is 8.04. The van der Waals surface area contributed by atoms with E-state index in [-0.39, 0.29) is 23.6 Å². The molecule has 0 saturated carbocycles. The van der Waals surface area contributed by atoms with E-state index in [1.807, 2.05) is 30.3 Å². The Morgan fingerprint density at radius 2 is 1.85 bits per heavy atom. The van der Waals surface area contributed by atoms with Crippen LogP contribution in [-0.4, -0.2) is 11.2 Å². The lowest BCUT2D eigenvalue weighted by atomic mass is 10.0. The van der Waals surface area contributed by atoms with Gasteiger partial charge in [-0.25, -0.2) is 4.39 Å². The van der Waals surface area contributed by atoms with Crippen LogP contribution in [0.5, 0.6) is 5.75 Å². The van der Waals surface area contributed by atoms with Crippen LogP contribution >= 0.6 is 11.8 Å². The van der Waals surface area contributed by atoms with E-state index in [0.717, 1.165) is 16.3 Å². The molecule has 0 aliphatic carbocycles. The molecule has 1 unspecified atom stereocenters. The third kappa shape index (κ3) is 3.98. The minimum absolute atomic E-state index is 0.0157. The summed E-state index contributed by atoms with van der Waals surface area (Å²) in [4.78, 5) is 11.9. The van der Waals surface area contributed by atoms with Gasteiger partial charge in [0.1, 0.15) is 18.2 Å². The Bertz CT molecular complexity index is 1030. The maximum absolute atomic E-state index is 13.7. The molecule has 3 aromatic carbocycles. The topological polar surface area (TPSA) is 38.3 Å². The maximum atomic E-state index is 13.7. The standard InChI is InChI=1S/C22H18FNO2S/c1-14-24-22(25)21(27-14)11-15-6-7-17-12-19(9-8-16(17)10-15)26-13-18-4-2-3-5-20(18)23/h2-10,12,21H,1,11,13H2,(H,24,25). The predicted octanol–water partition coefficient (Wildman–Crippen LogP) is 4.80. The summed E-state index contributed by atoms with van der Waals surface area (Å²) >= 11 is 1.48. The van der Waals surface area contributed by atoms with Gasteiger partial charge in [0.05, 0.1) is 10.3 Å². The summed E-state index contributed by atoms with van der Waals surface area (Å²) in [6, 6.07) is 18.5. The SMILES string of the molecule is C=C1NC(=O)C(Cc2ccc3cc(OCc4ccccc4F)ccc3c2)S1. The van der Waals surface area contributed by atoms with Crippen molar-refractivity contribution in [3.05, 3.63) is 89.2 Å². The number of hydrogen-bond acceptors (Lipinski definition) is 3. The molecule has 0 radical (unpaired) electrons. The van der Waals surface area contributed by atoms with Crippen LogP contribution in [0.15, 0.2) is 72.3 Å². The fourth-order valence-corrected chi connectivity index (χ4v) is 4.03. The van der Waals surface area contributed by atoms with Crippen molar-refractivity contribution in [2.75, 3.05) is 0 Å². The number of carbonyl (C=O) groups excluding carboxylic acids is 1. The minimum atomic E-state index is -0.264. The second-order valence-corrected chi connectivity index (χ2v) is 7.74. The molecule has 1 N–H and O–H groups in total. The molecule has 1 saturated heterocycles. The van der Waals surface area contributed by atoms with Gasteiger partial charge in [-0.15, -0.1) is 0 Å². The molecule has 3 aromatic rings. The van der Waals surface area contributed by atoms with Gasteiger partial charge in [0.15, 0.2) is 0 Å². The number of amides is 1. The smallest absolute Gasteiger partial charge is 0.238 e. The molecule has 5 heteroatoms. The lowest BCUT2D eigenvalue weighted by molar-refractivity contribution is -0.119. The number of benzene rings is 3. The first kappa shape index (κ1) is 17.6. The van der Waals surface area contributed by atoms with Crippen molar-refractivity contribution in [2.45, 2.75) is 18.3 Å². The van der Waals surface area contributed by atoms with Crippen molar-refractivity contribution < 1.29 is 13.9 Å². The first-order valence-electron chi connectivity index (χ1n) is 8.64. The van der Waals surface area contributed by atoms with Gasteiger partial charge in [0.25, 0.3) is 0 Å². The van der Waals surface area contributed by atoms with Crippen molar-refractivity contribution in [3.63, 3.8) is 0 Å². The number of rotatable bonds is 5. The van der Waals surface area contributed by atoms with E-state index >= 15 is 0 Å². The first-order valence-corrected chi connectivity index (χ1v) is 9.52. The van der Waals surface area contributed by atoms with E-state index in [0.29, 0.717) is 22.8 Å². The van der Waals surface area contributed by atoms with Crippen LogP contribution in [0.2, 0.25) is 0 Å². The van der Waals surface area contributed by atoms with Crippen LogP contribution in [0.4, 0.5) is 4.39 Å². The summed E-state index contributed by atoms with van der Waals surface area (Å²) < 4.78 is 19.4. The lowest BCUT2D eigenvalue weighted by Crippen LogP contribution is -2.23. The third-order valence-electron chi connectivity index (χ3n) is 4.49. The van der Waals surface area contributed by atoms with Gasteiger partial charge < -0.3 is 10.1 Å². The third-order valence-corrected chi connectivity index (χ3v) is 5.54. The number of carbonyl (C=O) groups is 1. The van der Waals surface area contributed by atoms with Crippen LogP contribution in [0.3, 0.4) is 0 Å². The fourth-order valence-electron chi connectivity index (χ4n) is 3.09. The summed E-state index contributed by atoms with van der Waals surface area (Å²) in [6.07, 6.45) is 0.664. The molecule has 1 aliphatic rings. The second-order valence-electron chi connectivity index (χ2n) is 6.45. The predicted molar refractivity (Wildman–Crippen MR) is 107 cm³/mol. The normalized spacial score (nSPS) is 16.6. The summed E-state index contributed by atoms with van der Waals surface area (Å²) in [5, 5.41) is 5.45. The molecule has 1 amide bonds. The fraction of sp³-hybridized carbons (Fsp3) is 0.136. The number of hydrogen-bond donors (Lipinski definition) is 1. The number of nitrogens with one attached hydrogen (secondary N) is 1. The van der Waals surface area contributed by atoms with E-state index in [4.69, 9.17) is 4.74 Å². The molecular weight excluding hydrogens is 361 g/mol. The summed E-state index contributed by atoms with van der Waals surface area (Å²) in [7, 11) is 0. The zero-order valence-corrected chi connectivity index (χ0v) is 15.4. The average Bonchev–Trinajstić information content (AvgIpc) is 2.98. The van der Waals surface area contributed by atoms with Crippen molar-refractivity contribution in [1.82, 2.24) is 5.32 Å². The molecule has 0 spiro atoms. The van der Waals surface area contributed by atoms with E-state index in [2.05, 4.69) is 18.0 Å². The molecule has 1 atom stereocenters. The van der Waals surface area contributed by atoms with Gasteiger partial charge >= 0.3 is 0 Å². The number of halogens is 1. The highest BCUT2D eigenvalue weighted by atomic mass is 32.2. The van der Waals surface area contributed by atoms with E-state index in [9.17, 15) is 9.18 Å². The van der Waals surface area contributed by atoms with E-state index in [1.54, 1.807) is 18.2 Å². The Morgan fingerprint density at radius 1 is 1.07 bits per heavy atom. The van der Waals surface area contributed by atoms with Crippen LogP contribution < -0.4 is 10.1 Å². The molecule has 0 bridgehead atoms. The highest BCUT2D eigenvalue weighted by Crippen LogP contribution is 2.29. The monoisotopic (exact) mass is 379 g/mol. The van der Waals surface area contributed by atoms with Crippen molar-refractivity contribution in [2.24, 2.45) is 0 Å².